The van der Waals surface area contributed by atoms with Gasteiger partial charge in [0.15, 0.2) is 11.7 Å². The van der Waals surface area contributed by atoms with E-state index in [0.29, 0.717) is 44.4 Å². The predicted octanol–water partition coefficient (Wildman–Crippen LogP) is 6.18. The monoisotopic (exact) mass is 408 g/mol. The minimum Gasteiger partial charge on any atom is -0.441 e. The van der Waals surface area contributed by atoms with E-state index in [-0.39, 0.29) is 12.3 Å². The molecule has 134 valence electrons. The second-order valence-corrected chi connectivity index (χ2v) is 7.03. The van der Waals surface area contributed by atoms with Gasteiger partial charge >= 0.3 is 0 Å². The first-order valence-corrected chi connectivity index (χ1v) is 9.02. The molecule has 1 N–H and O–H groups in total. The normalized spacial score (nSPS) is 10.8. The first kappa shape index (κ1) is 18.8. The van der Waals surface area contributed by atoms with Gasteiger partial charge in [-0.25, -0.2) is 4.98 Å². The molecule has 26 heavy (non-hydrogen) atoms. The summed E-state index contributed by atoms with van der Waals surface area (Å²) in [6, 6.07) is 10.5. The first-order valence-electron chi connectivity index (χ1n) is 7.88. The van der Waals surface area contributed by atoms with Crippen LogP contribution in [0.1, 0.15) is 17.9 Å². The summed E-state index contributed by atoms with van der Waals surface area (Å²) in [6.07, 6.45) is 2.19. The van der Waals surface area contributed by atoms with Crippen molar-refractivity contribution in [2.75, 3.05) is 5.32 Å². The van der Waals surface area contributed by atoms with Gasteiger partial charge in [-0.05, 0) is 42.8 Å². The molecular formula is C19H15Cl3N2O2. The fraction of sp³-hybridized carbons (Fsp3) is 0.158. The van der Waals surface area contributed by atoms with Crippen LogP contribution in [0.2, 0.25) is 15.1 Å². The molecule has 1 heterocycles. The number of amides is 1. The number of rotatable bonds is 5. The first-order chi connectivity index (χ1) is 12.4. The molecule has 3 aromatic rings. The number of benzene rings is 2. The standard InChI is InChI=1S/C19H15Cl3N2O2/c1-11-2-3-13(21)9-16(11)24-18(25)6-7-19-23-10-17(26-19)14-5-4-12(20)8-15(14)22/h2-5,8-10H,6-7H2,1H3,(H,24,25). The number of aromatic nitrogens is 1. The van der Waals surface area contributed by atoms with E-state index in [4.69, 9.17) is 39.2 Å². The molecule has 1 amide bonds. The van der Waals surface area contributed by atoms with Crippen LogP contribution in [-0.2, 0) is 11.2 Å². The van der Waals surface area contributed by atoms with Crippen LogP contribution in [0.4, 0.5) is 5.69 Å². The predicted molar refractivity (Wildman–Crippen MR) is 105 cm³/mol. The maximum atomic E-state index is 12.2. The van der Waals surface area contributed by atoms with Crippen molar-refractivity contribution in [1.82, 2.24) is 4.98 Å². The van der Waals surface area contributed by atoms with Crippen LogP contribution in [0.5, 0.6) is 0 Å². The fourth-order valence-corrected chi connectivity index (χ4v) is 3.08. The molecule has 0 saturated carbocycles. The Balaban J connectivity index is 1.62. The van der Waals surface area contributed by atoms with Gasteiger partial charge in [0.1, 0.15) is 0 Å². The molecule has 0 atom stereocenters. The minimum atomic E-state index is -0.139. The van der Waals surface area contributed by atoms with E-state index in [1.165, 1.54) is 0 Å². The molecule has 4 nitrogen and oxygen atoms in total. The highest BCUT2D eigenvalue weighted by Crippen LogP contribution is 2.31. The second-order valence-electron chi connectivity index (χ2n) is 5.75. The summed E-state index contributed by atoms with van der Waals surface area (Å²) in [4.78, 5) is 16.4. The van der Waals surface area contributed by atoms with E-state index in [2.05, 4.69) is 10.3 Å². The molecule has 7 heteroatoms. The molecule has 0 saturated heterocycles. The summed E-state index contributed by atoms with van der Waals surface area (Å²) < 4.78 is 5.69. The smallest absolute Gasteiger partial charge is 0.224 e. The number of carbonyl (C=O) groups is 1. The van der Waals surface area contributed by atoms with Crippen molar-refractivity contribution >= 4 is 46.4 Å². The van der Waals surface area contributed by atoms with Crippen LogP contribution in [0.3, 0.4) is 0 Å². The van der Waals surface area contributed by atoms with Crippen molar-refractivity contribution in [3.63, 3.8) is 0 Å². The van der Waals surface area contributed by atoms with Crippen molar-refractivity contribution in [3.8, 4) is 11.3 Å². The fourth-order valence-electron chi connectivity index (χ4n) is 2.40. The quantitative estimate of drug-likeness (QED) is 0.547. The van der Waals surface area contributed by atoms with Crippen molar-refractivity contribution in [3.05, 3.63) is 69.1 Å². The summed E-state index contributed by atoms with van der Waals surface area (Å²) >= 11 is 18.0. The highest BCUT2D eigenvalue weighted by Gasteiger charge is 2.12. The lowest BCUT2D eigenvalue weighted by Crippen LogP contribution is -2.13. The Labute approximate surface area is 166 Å². The molecular weight excluding hydrogens is 395 g/mol. The number of hydrogen-bond donors (Lipinski definition) is 1. The van der Waals surface area contributed by atoms with Crippen LogP contribution in [0.15, 0.2) is 47.0 Å². The number of hydrogen-bond acceptors (Lipinski definition) is 3. The number of halogens is 3. The van der Waals surface area contributed by atoms with E-state index >= 15 is 0 Å². The molecule has 0 bridgehead atoms. The number of aryl methyl sites for hydroxylation is 2. The second kappa shape index (κ2) is 8.12. The largest absolute Gasteiger partial charge is 0.441 e. The third-order valence-electron chi connectivity index (χ3n) is 3.79. The molecule has 0 aliphatic heterocycles. The molecule has 2 aromatic carbocycles. The minimum absolute atomic E-state index is 0.139. The zero-order chi connectivity index (χ0) is 18.7. The van der Waals surface area contributed by atoms with E-state index < -0.39 is 0 Å². The summed E-state index contributed by atoms with van der Waals surface area (Å²) in [7, 11) is 0. The van der Waals surface area contributed by atoms with Gasteiger partial charge in [-0.1, -0.05) is 40.9 Å². The Morgan fingerprint density at radius 3 is 2.62 bits per heavy atom. The van der Waals surface area contributed by atoms with Crippen molar-refractivity contribution in [2.24, 2.45) is 0 Å². The molecule has 0 aliphatic rings. The number of anilines is 1. The summed E-state index contributed by atoms with van der Waals surface area (Å²) in [5, 5.41) is 4.45. The third kappa shape index (κ3) is 4.58. The number of oxazole rings is 1. The van der Waals surface area contributed by atoms with Crippen LogP contribution in [0, 0.1) is 6.92 Å². The van der Waals surface area contributed by atoms with Crippen molar-refractivity contribution in [2.45, 2.75) is 19.8 Å². The highest BCUT2D eigenvalue weighted by molar-refractivity contribution is 6.36. The summed E-state index contributed by atoms with van der Waals surface area (Å²) in [6.45, 7) is 1.90. The average Bonchev–Trinajstić information content (AvgIpc) is 3.05. The zero-order valence-corrected chi connectivity index (χ0v) is 16.1. The number of nitrogens with zero attached hydrogens (tertiary/aromatic N) is 1. The maximum Gasteiger partial charge on any atom is 0.224 e. The SMILES string of the molecule is Cc1ccc(Cl)cc1NC(=O)CCc1ncc(-c2ccc(Cl)cc2Cl)o1. The van der Waals surface area contributed by atoms with Crippen molar-refractivity contribution in [1.29, 1.82) is 0 Å². The summed E-state index contributed by atoms with van der Waals surface area (Å²) in [5.74, 6) is 0.858. The van der Waals surface area contributed by atoms with E-state index in [0.717, 1.165) is 5.56 Å². The van der Waals surface area contributed by atoms with Gasteiger partial charge in [-0.2, -0.15) is 0 Å². The Morgan fingerprint density at radius 2 is 1.85 bits per heavy atom. The maximum absolute atomic E-state index is 12.2. The van der Waals surface area contributed by atoms with Crippen LogP contribution in [-0.4, -0.2) is 10.9 Å². The Bertz CT molecular complexity index is 954. The van der Waals surface area contributed by atoms with Gasteiger partial charge in [0.25, 0.3) is 0 Å². The van der Waals surface area contributed by atoms with Crippen LogP contribution < -0.4 is 5.32 Å². The van der Waals surface area contributed by atoms with Crippen LogP contribution >= 0.6 is 34.8 Å². The lowest BCUT2D eigenvalue weighted by atomic mass is 10.2. The van der Waals surface area contributed by atoms with Gasteiger partial charge in [0, 0.05) is 34.1 Å². The topological polar surface area (TPSA) is 55.1 Å². The van der Waals surface area contributed by atoms with Gasteiger partial charge in [-0.15, -0.1) is 0 Å². The Morgan fingerprint density at radius 1 is 1.12 bits per heavy atom. The molecule has 0 unspecified atom stereocenters. The molecule has 1 aromatic heterocycles. The lowest BCUT2D eigenvalue weighted by Gasteiger charge is -2.08. The van der Waals surface area contributed by atoms with E-state index in [9.17, 15) is 4.79 Å². The average molecular weight is 410 g/mol. The van der Waals surface area contributed by atoms with Gasteiger partial charge < -0.3 is 9.73 Å². The third-order valence-corrected chi connectivity index (χ3v) is 4.57. The molecule has 0 fully saturated rings. The zero-order valence-electron chi connectivity index (χ0n) is 13.9. The van der Waals surface area contributed by atoms with E-state index in [1.807, 2.05) is 13.0 Å². The highest BCUT2D eigenvalue weighted by atomic mass is 35.5. The van der Waals surface area contributed by atoms with E-state index in [1.54, 1.807) is 36.5 Å². The molecule has 0 radical (unpaired) electrons. The number of carbonyl (C=O) groups excluding carboxylic acids is 1. The Kier molecular flexibility index (Phi) is 5.87. The Hall–Kier alpha value is -2.01. The summed E-state index contributed by atoms with van der Waals surface area (Å²) in [5.41, 5.74) is 2.34. The lowest BCUT2D eigenvalue weighted by molar-refractivity contribution is -0.116. The number of nitrogens with one attached hydrogen (secondary N) is 1. The van der Waals surface area contributed by atoms with Gasteiger partial charge in [-0.3, -0.25) is 4.79 Å². The van der Waals surface area contributed by atoms with Gasteiger partial charge in [0.05, 0.1) is 11.2 Å². The van der Waals surface area contributed by atoms with Crippen LogP contribution in [0.25, 0.3) is 11.3 Å². The van der Waals surface area contributed by atoms with Gasteiger partial charge in [0.2, 0.25) is 5.91 Å². The molecule has 3 rings (SSSR count). The molecule has 0 aliphatic carbocycles. The van der Waals surface area contributed by atoms with Crippen molar-refractivity contribution < 1.29 is 9.21 Å². The molecule has 0 spiro atoms.